The summed E-state index contributed by atoms with van der Waals surface area (Å²) in [4.78, 5) is 25.8. The highest BCUT2D eigenvalue weighted by molar-refractivity contribution is 5.71. The topological polar surface area (TPSA) is 76.1 Å². The highest BCUT2D eigenvalue weighted by Crippen LogP contribution is 2.27. The number of carbonyl (C=O) groups excluding carboxylic acids is 2. The van der Waals surface area contributed by atoms with Crippen molar-refractivity contribution >= 4 is 12.1 Å². The number of likely N-dealkylation sites (tertiary alicyclic amines) is 1. The van der Waals surface area contributed by atoms with Crippen molar-refractivity contribution < 1.29 is 24.2 Å². The van der Waals surface area contributed by atoms with Gasteiger partial charge in [0.1, 0.15) is 12.2 Å². The van der Waals surface area contributed by atoms with Crippen LogP contribution in [0.15, 0.2) is 30.3 Å². The minimum Gasteiger partial charge on any atom is -0.461 e. The molecule has 1 amide bonds. The van der Waals surface area contributed by atoms with E-state index in [2.05, 4.69) is 0 Å². The van der Waals surface area contributed by atoms with Crippen LogP contribution in [0.3, 0.4) is 0 Å². The molecule has 2 rings (SSSR count). The Kier molecular flexibility index (Phi) is 6.42. The first kappa shape index (κ1) is 19.2. The number of rotatable bonds is 5. The van der Waals surface area contributed by atoms with Gasteiger partial charge in [-0.3, -0.25) is 4.79 Å². The van der Waals surface area contributed by atoms with Crippen LogP contribution in [0.4, 0.5) is 4.79 Å². The van der Waals surface area contributed by atoms with E-state index in [9.17, 15) is 14.7 Å². The lowest BCUT2D eigenvalue weighted by molar-refractivity contribution is -0.146. The highest BCUT2D eigenvalue weighted by atomic mass is 16.6. The summed E-state index contributed by atoms with van der Waals surface area (Å²) >= 11 is 0. The summed E-state index contributed by atoms with van der Waals surface area (Å²) in [5.41, 5.74) is 0.343. The molecule has 1 aliphatic heterocycles. The molecule has 1 aromatic carbocycles. The van der Waals surface area contributed by atoms with Gasteiger partial charge in [-0.1, -0.05) is 30.3 Å². The second-order valence-electron chi connectivity index (χ2n) is 7.42. The number of carbonyl (C=O) groups is 2. The van der Waals surface area contributed by atoms with Crippen molar-refractivity contribution in [3.05, 3.63) is 35.9 Å². The van der Waals surface area contributed by atoms with Crippen molar-refractivity contribution in [1.82, 2.24) is 4.90 Å². The lowest BCUT2D eigenvalue weighted by Crippen LogP contribution is -2.41. The van der Waals surface area contributed by atoms with E-state index < -0.39 is 11.7 Å². The molecule has 1 heterocycles. The largest absolute Gasteiger partial charge is 0.461 e. The smallest absolute Gasteiger partial charge is 0.410 e. The van der Waals surface area contributed by atoms with Gasteiger partial charge in [0.05, 0.1) is 19.1 Å². The monoisotopic (exact) mass is 349 g/mol. The van der Waals surface area contributed by atoms with Gasteiger partial charge in [0.15, 0.2) is 0 Å². The Bertz CT molecular complexity index is 581. The highest BCUT2D eigenvalue weighted by Gasteiger charge is 2.38. The van der Waals surface area contributed by atoms with Crippen LogP contribution in [0.1, 0.15) is 39.2 Å². The first-order chi connectivity index (χ1) is 11.8. The Morgan fingerprint density at radius 2 is 1.92 bits per heavy atom. The number of aliphatic hydroxyl groups excluding tert-OH is 1. The summed E-state index contributed by atoms with van der Waals surface area (Å²) in [7, 11) is 0. The summed E-state index contributed by atoms with van der Waals surface area (Å²) in [6, 6.07) is 9.17. The van der Waals surface area contributed by atoms with Crippen LogP contribution in [0.5, 0.6) is 0 Å². The van der Waals surface area contributed by atoms with Gasteiger partial charge >= 0.3 is 12.1 Å². The number of ether oxygens (including phenoxy) is 2. The lowest BCUT2D eigenvalue weighted by Gasteiger charge is -2.27. The van der Waals surface area contributed by atoms with Crippen LogP contribution >= 0.6 is 0 Å². The summed E-state index contributed by atoms with van der Waals surface area (Å²) in [5.74, 6) is -0.329. The number of esters is 1. The molecule has 2 atom stereocenters. The van der Waals surface area contributed by atoms with E-state index in [1.165, 1.54) is 4.90 Å². The van der Waals surface area contributed by atoms with Crippen molar-refractivity contribution in [2.24, 2.45) is 5.92 Å². The van der Waals surface area contributed by atoms with E-state index in [0.717, 1.165) is 5.56 Å². The molecule has 1 N–H and O–H groups in total. The zero-order valence-electron chi connectivity index (χ0n) is 15.1. The minimum atomic E-state index is -0.593. The maximum Gasteiger partial charge on any atom is 0.410 e. The minimum absolute atomic E-state index is 0.0343. The Morgan fingerprint density at radius 1 is 1.24 bits per heavy atom. The first-order valence-electron chi connectivity index (χ1n) is 8.58. The molecule has 0 aromatic heterocycles. The number of amides is 1. The van der Waals surface area contributed by atoms with Crippen molar-refractivity contribution in [3.8, 4) is 0 Å². The summed E-state index contributed by atoms with van der Waals surface area (Å²) in [6.45, 7) is 5.88. The molecule has 138 valence electrons. The van der Waals surface area contributed by atoms with Gasteiger partial charge in [0, 0.05) is 6.54 Å². The Hall–Kier alpha value is -2.08. The molecule has 1 saturated heterocycles. The molecule has 1 aromatic rings. The third-order valence-electron chi connectivity index (χ3n) is 4.04. The summed E-state index contributed by atoms with van der Waals surface area (Å²) in [6.07, 6.45) is 0.338. The second-order valence-corrected chi connectivity index (χ2v) is 7.42. The molecule has 0 unspecified atom stereocenters. The van der Waals surface area contributed by atoms with Crippen molar-refractivity contribution in [1.29, 1.82) is 0 Å². The van der Waals surface area contributed by atoms with Crippen LogP contribution in [-0.2, 0) is 20.9 Å². The van der Waals surface area contributed by atoms with E-state index in [1.54, 1.807) is 20.8 Å². The number of hydrogen-bond donors (Lipinski definition) is 1. The fourth-order valence-electron chi connectivity index (χ4n) is 2.91. The normalized spacial score (nSPS) is 20.4. The van der Waals surface area contributed by atoms with Crippen LogP contribution in [-0.4, -0.2) is 46.9 Å². The van der Waals surface area contributed by atoms with E-state index >= 15 is 0 Å². The molecule has 0 spiro atoms. The van der Waals surface area contributed by atoms with Crippen LogP contribution in [0, 0.1) is 5.92 Å². The van der Waals surface area contributed by atoms with Crippen molar-refractivity contribution in [2.75, 3.05) is 13.2 Å². The van der Waals surface area contributed by atoms with Crippen LogP contribution in [0.25, 0.3) is 0 Å². The number of benzene rings is 1. The molecule has 6 nitrogen and oxygen atoms in total. The third kappa shape index (κ3) is 6.05. The van der Waals surface area contributed by atoms with E-state index in [4.69, 9.17) is 9.47 Å². The zero-order chi connectivity index (χ0) is 18.4. The fraction of sp³-hybridized carbons (Fsp3) is 0.579. The molecule has 0 radical (unpaired) electrons. The SMILES string of the molecule is CC(C)(C)OC(=O)N1C[C@@H](CC(=O)OCc2ccccc2)C[C@H]1CO. The molecular weight excluding hydrogens is 322 g/mol. The van der Waals surface area contributed by atoms with Crippen LogP contribution in [0.2, 0.25) is 0 Å². The van der Waals surface area contributed by atoms with Gasteiger partial charge in [0.25, 0.3) is 0 Å². The van der Waals surface area contributed by atoms with Gasteiger partial charge < -0.3 is 19.5 Å². The number of aliphatic hydroxyl groups is 1. The number of nitrogens with zero attached hydrogens (tertiary/aromatic N) is 1. The predicted octanol–water partition coefficient (Wildman–Crippen LogP) is 2.74. The van der Waals surface area contributed by atoms with E-state index in [1.807, 2.05) is 30.3 Å². The molecule has 6 heteroatoms. The zero-order valence-corrected chi connectivity index (χ0v) is 15.1. The molecule has 0 bridgehead atoms. The molecule has 1 fully saturated rings. The van der Waals surface area contributed by atoms with Gasteiger partial charge in [-0.15, -0.1) is 0 Å². The predicted molar refractivity (Wildman–Crippen MR) is 92.8 cm³/mol. The van der Waals surface area contributed by atoms with Gasteiger partial charge in [-0.25, -0.2) is 4.79 Å². The first-order valence-corrected chi connectivity index (χ1v) is 8.58. The van der Waals surface area contributed by atoms with Crippen molar-refractivity contribution in [2.45, 2.75) is 51.9 Å². The average Bonchev–Trinajstić information content (AvgIpc) is 2.95. The number of hydrogen-bond acceptors (Lipinski definition) is 5. The molecular formula is C19H27NO5. The summed E-state index contributed by atoms with van der Waals surface area (Å²) < 4.78 is 10.7. The lowest BCUT2D eigenvalue weighted by atomic mass is 10.0. The van der Waals surface area contributed by atoms with Gasteiger partial charge in [-0.2, -0.15) is 0 Å². The Morgan fingerprint density at radius 3 is 2.52 bits per heavy atom. The van der Waals surface area contributed by atoms with Crippen molar-refractivity contribution in [3.63, 3.8) is 0 Å². The molecule has 25 heavy (non-hydrogen) atoms. The average molecular weight is 349 g/mol. The maximum atomic E-state index is 12.2. The van der Waals surface area contributed by atoms with Crippen LogP contribution < -0.4 is 0 Å². The van der Waals surface area contributed by atoms with E-state index in [0.29, 0.717) is 13.0 Å². The molecule has 0 aliphatic carbocycles. The molecule has 0 saturated carbocycles. The van der Waals surface area contributed by atoms with E-state index in [-0.39, 0.29) is 37.6 Å². The fourth-order valence-corrected chi connectivity index (χ4v) is 2.91. The standard InChI is InChI=1S/C19H27NO5/c1-19(2,3)25-18(23)20-11-15(9-16(20)12-21)10-17(22)24-13-14-7-5-4-6-8-14/h4-8,15-16,21H,9-13H2,1-3H3/t15-,16+/m1/s1. The third-order valence-corrected chi connectivity index (χ3v) is 4.04. The molecule has 1 aliphatic rings. The quantitative estimate of drug-likeness (QED) is 0.827. The Labute approximate surface area is 148 Å². The van der Waals surface area contributed by atoms with Gasteiger partial charge in [-0.05, 0) is 38.7 Å². The van der Waals surface area contributed by atoms with Gasteiger partial charge in [0.2, 0.25) is 0 Å². The Balaban J connectivity index is 1.84. The maximum absolute atomic E-state index is 12.2. The summed E-state index contributed by atoms with van der Waals surface area (Å²) in [5, 5.41) is 9.52. The second kappa shape index (κ2) is 8.34.